The predicted octanol–water partition coefficient (Wildman–Crippen LogP) is 0.316. The zero-order valence-corrected chi connectivity index (χ0v) is 7.36. The first-order valence-electron chi connectivity index (χ1n) is 3.97. The summed E-state index contributed by atoms with van der Waals surface area (Å²) in [4.78, 5) is 4.34. The summed E-state index contributed by atoms with van der Waals surface area (Å²) >= 11 is 0. The average Bonchev–Trinajstić information content (AvgIpc) is 2.04. The van der Waals surface area contributed by atoms with Gasteiger partial charge in [-0.05, 0) is 13.1 Å². The van der Waals surface area contributed by atoms with Gasteiger partial charge in [0, 0.05) is 19.2 Å². The van der Waals surface area contributed by atoms with Gasteiger partial charge in [-0.2, -0.15) is 5.10 Å². The van der Waals surface area contributed by atoms with Crippen LogP contribution < -0.4 is 4.90 Å². The lowest BCUT2D eigenvalue weighted by Crippen LogP contribution is -2.38. The molecule has 1 aliphatic heterocycles. The molecule has 0 fully saturated rings. The maximum atomic E-state index is 4.08. The van der Waals surface area contributed by atoms with Crippen molar-refractivity contribution < 1.29 is 0 Å². The molecule has 4 heteroatoms. The number of rotatable bonds is 0. The second-order valence-electron chi connectivity index (χ2n) is 3.23. The molecular formula is C8H12N4. The molecule has 0 atom stereocenters. The van der Waals surface area contributed by atoms with Crippen molar-refractivity contribution in [3.05, 3.63) is 17.8 Å². The molecule has 2 rings (SSSR count). The van der Waals surface area contributed by atoms with Gasteiger partial charge in [0.05, 0.1) is 12.9 Å². The van der Waals surface area contributed by atoms with Gasteiger partial charge in [0.2, 0.25) is 0 Å². The first-order valence-corrected chi connectivity index (χ1v) is 3.97. The summed E-state index contributed by atoms with van der Waals surface area (Å²) in [5.41, 5.74) is 1.25. The van der Waals surface area contributed by atoms with Gasteiger partial charge in [-0.1, -0.05) is 0 Å². The molecule has 0 bridgehead atoms. The first-order chi connectivity index (χ1) is 5.77. The van der Waals surface area contributed by atoms with Crippen molar-refractivity contribution in [3.63, 3.8) is 0 Å². The van der Waals surface area contributed by atoms with Crippen LogP contribution in [0.3, 0.4) is 0 Å². The Balaban J connectivity index is 2.40. The molecule has 0 radical (unpaired) electrons. The van der Waals surface area contributed by atoms with Crippen LogP contribution in [0.4, 0.5) is 5.82 Å². The van der Waals surface area contributed by atoms with E-state index in [0.717, 1.165) is 19.0 Å². The molecule has 0 N–H and O–H groups in total. The van der Waals surface area contributed by atoms with Crippen molar-refractivity contribution in [2.24, 2.45) is 0 Å². The molecule has 2 heterocycles. The Morgan fingerprint density at radius 3 is 3.08 bits per heavy atom. The minimum absolute atomic E-state index is 0.922. The van der Waals surface area contributed by atoms with Crippen LogP contribution >= 0.6 is 0 Å². The van der Waals surface area contributed by atoms with E-state index in [4.69, 9.17) is 0 Å². The summed E-state index contributed by atoms with van der Waals surface area (Å²) < 4.78 is 0. The zero-order chi connectivity index (χ0) is 8.55. The Morgan fingerprint density at radius 2 is 2.25 bits per heavy atom. The molecule has 1 aromatic rings. The van der Waals surface area contributed by atoms with E-state index in [2.05, 4.69) is 27.0 Å². The lowest BCUT2D eigenvalue weighted by Gasteiger charge is -2.31. The smallest absolute Gasteiger partial charge is 0.156 e. The molecule has 0 aromatic carbocycles. The number of hydrogen-bond donors (Lipinski definition) is 0. The van der Waals surface area contributed by atoms with Gasteiger partial charge in [0.25, 0.3) is 0 Å². The first kappa shape index (κ1) is 7.49. The van der Waals surface area contributed by atoms with Crippen LogP contribution in [-0.4, -0.2) is 35.9 Å². The topological polar surface area (TPSA) is 32.3 Å². The predicted molar refractivity (Wildman–Crippen MR) is 46.8 cm³/mol. The Morgan fingerprint density at radius 1 is 1.42 bits per heavy atom. The van der Waals surface area contributed by atoms with Crippen LogP contribution in [0, 0.1) is 0 Å². The molecule has 0 unspecified atom stereocenters. The van der Waals surface area contributed by atoms with Crippen LogP contribution in [-0.2, 0) is 6.54 Å². The van der Waals surface area contributed by atoms with Crippen LogP contribution in [0.5, 0.6) is 0 Å². The standard InChI is InChI=1S/C8H12N4/c1-11-5-7-3-4-9-10-8(7)12(2)6-11/h3-4H,5-6H2,1-2H3. The molecule has 0 saturated carbocycles. The molecule has 0 aliphatic carbocycles. The van der Waals surface area contributed by atoms with Gasteiger partial charge < -0.3 is 4.90 Å². The fourth-order valence-corrected chi connectivity index (χ4v) is 1.56. The van der Waals surface area contributed by atoms with Gasteiger partial charge in [0.15, 0.2) is 5.82 Å². The molecule has 0 spiro atoms. The van der Waals surface area contributed by atoms with E-state index in [1.807, 2.05) is 13.1 Å². The van der Waals surface area contributed by atoms with Gasteiger partial charge in [-0.25, -0.2) is 0 Å². The molecule has 0 amide bonds. The number of hydrogen-bond acceptors (Lipinski definition) is 4. The maximum Gasteiger partial charge on any atom is 0.156 e. The minimum atomic E-state index is 0.922. The van der Waals surface area contributed by atoms with Gasteiger partial charge in [-0.15, -0.1) is 5.10 Å². The summed E-state index contributed by atoms with van der Waals surface area (Å²) in [7, 11) is 4.13. The molecule has 0 saturated heterocycles. The van der Waals surface area contributed by atoms with E-state index in [-0.39, 0.29) is 0 Å². The van der Waals surface area contributed by atoms with Crippen molar-refractivity contribution in [1.82, 2.24) is 15.1 Å². The summed E-state index contributed by atoms with van der Waals surface area (Å²) in [5.74, 6) is 1.01. The van der Waals surface area contributed by atoms with E-state index in [1.54, 1.807) is 6.20 Å². The average molecular weight is 164 g/mol. The van der Waals surface area contributed by atoms with Crippen LogP contribution in [0.1, 0.15) is 5.56 Å². The van der Waals surface area contributed by atoms with Crippen LogP contribution in [0.2, 0.25) is 0 Å². The summed E-state index contributed by atoms with van der Waals surface area (Å²) in [6, 6.07) is 2.02. The number of anilines is 1. The summed E-state index contributed by atoms with van der Waals surface area (Å²) in [5, 5.41) is 7.95. The highest BCUT2D eigenvalue weighted by atomic mass is 15.4. The third kappa shape index (κ3) is 1.14. The molecule has 1 aliphatic rings. The third-order valence-electron chi connectivity index (χ3n) is 2.04. The summed E-state index contributed by atoms with van der Waals surface area (Å²) in [6.45, 7) is 1.89. The lowest BCUT2D eigenvalue weighted by atomic mass is 10.2. The second kappa shape index (κ2) is 2.71. The number of fused-ring (bicyclic) bond motifs is 1. The Kier molecular flexibility index (Phi) is 1.69. The quantitative estimate of drug-likeness (QED) is 0.552. The van der Waals surface area contributed by atoms with E-state index < -0.39 is 0 Å². The van der Waals surface area contributed by atoms with Crippen LogP contribution in [0.15, 0.2) is 12.3 Å². The zero-order valence-electron chi connectivity index (χ0n) is 7.36. The van der Waals surface area contributed by atoms with Gasteiger partial charge >= 0.3 is 0 Å². The largest absolute Gasteiger partial charge is 0.345 e. The van der Waals surface area contributed by atoms with Crippen molar-refractivity contribution in [1.29, 1.82) is 0 Å². The normalized spacial score (nSPS) is 17.7. The fraction of sp³-hybridized carbons (Fsp3) is 0.500. The van der Waals surface area contributed by atoms with E-state index in [1.165, 1.54) is 5.56 Å². The Labute approximate surface area is 71.8 Å². The van der Waals surface area contributed by atoms with Crippen molar-refractivity contribution >= 4 is 5.82 Å². The Hall–Kier alpha value is -1.16. The highest BCUT2D eigenvalue weighted by Gasteiger charge is 2.17. The van der Waals surface area contributed by atoms with Crippen LogP contribution in [0.25, 0.3) is 0 Å². The monoisotopic (exact) mass is 164 g/mol. The molecule has 1 aromatic heterocycles. The van der Waals surface area contributed by atoms with Gasteiger partial charge in [0.1, 0.15) is 0 Å². The van der Waals surface area contributed by atoms with Crippen molar-refractivity contribution in [2.45, 2.75) is 6.54 Å². The van der Waals surface area contributed by atoms with E-state index in [9.17, 15) is 0 Å². The minimum Gasteiger partial charge on any atom is -0.345 e. The highest BCUT2D eigenvalue weighted by Crippen LogP contribution is 2.20. The second-order valence-corrected chi connectivity index (χ2v) is 3.23. The van der Waals surface area contributed by atoms with Crippen molar-refractivity contribution in [3.8, 4) is 0 Å². The SMILES string of the molecule is CN1Cc2ccnnc2N(C)C1. The third-order valence-corrected chi connectivity index (χ3v) is 2.04. The number of aromatic nitrogens is 2. The fourth-order valence-electron chi connectivity index (χ4n) is 1.56. The molecule has 12 heavy (non-hydrogen) atoms. The van der Waals surface area contributed by atoms with E-state index >= 15 is 0 Å². The van der Waals surface area contributed by atoms with E-state index in [0.29, 0.717) is 0 Å². The highest BCUT2D eigenvalue weighted by molar-refractivity contribution is 5.46. The number of nitrogens with zero attached hydrogens (tertiary/aromatic N) is 4. The lowest BCUT2D eigenvalue weighted by molar-refractivity contribution is 0.313. The molecule has 4 nitrogen and oxygen atoms in total. The maximum absolute atomic E-state index is 4.08. The summed E-state index contributed by atoms with van der Waals surface area (Å²) in [6.07, 6.45) is 1.74. The van der Waals surface area contributed by atoms with Gasteiger partial charge in [-0.3, -0.25) is 4.90 Å². The molecular weight excluding hydrogens is 152 g/mol. The molecule has 64 valence electrons. The van der Waals surface area contributed by atoms with Crippen molar-refractivity contribution in [2.75, 3.05) is 25.7 Å². The Bertz CT molecular complexity index is 286.